The summed E-state index contributed by atoms with van der Waals surface area (Å²) in [6, 6.07) is -1.32. The smallest absolute Gasteiger partial charge is 0.320 e. The van der Waals surface area contributed by atoms with Crippen molar-refractivity contribution in [2.75, 3.05) is 6.61 Å². The van der Waals surface area contributed by atoms with E-state index in [0.717, 1.165) is 0 Å². The molecular weight excluding hydrogens is 262 g/mol. The SMILES string of the molecule is N[C@@H](CCC(=O)C(=O)[C@H](O)[C@H](O)[C@H](O)CO)C(=O)O. The number of rotatable bonds is 9. The number of aliphatic hydroxyl groups excluding tert-OH is 4. The van der Waals surface area contributed by atoms with Crippen LogP contribution in [-0.2, 0) is 14.4 Å². The van der Waals surface area contributed by atoms with Crippen LogP contribution in [0.2, 0.25) is 0 Å². The van der Waals surface area contributed by atoms with Crippen LogP contribution in [0.5, 0.6) is 0 Å². The molecule has 0 heterocycles. The summed E-state index contributed by atoms with van der Waals surface area (Å²) in [5.74, 6) is -3.83. The maximum atomic E-state index is 11.3. The maximum Gasteiger partial charge on any atom is 0.320 e. The van der Waals surface area contributed by atoms with Crippen LogP contribution in [0, 0.1) is 0 Å². The third-order valence-electron chi connectivity index (χ3n) is 2.45. The summed E-state index contributed by atoms with van der Waals surface area (Å²) in [6.07, 6.45) is -6.77. The van der Waals surface area contributed by atoms with Crippen molar-refractivity contribution in [1.82, 2.24) is 0 Å². The first-order valence-electron chi connectivity index (χ1n) is 5.42. The first-order chi connectivity index (χ1) is 8.72. The maximum absolute atomic E-state index is 11.3. The minimum atomic E-state index is -2.18. The van der Waals surface area contributed by atoms with Gasteiger partial charge in [-0.3, -0.25) is 14.4 Å². The molecule has 0 unspecified atom stereocenters. The summed E-state index contributed by atoms with van der Waals surface area (Å²) in [6.45, 7) is -0.899. The highest BCUT2D eigenvalue weighted by Gasteiger charge is 2.33. The molecule has 0 spiro atoms. The van der Waals surface area contributed by atoms with Crippen LogP contribution in [-0.4, -0.2) is 74.0 Å². The fourth-order valence-electron chi connectivity index (χ4n) is 1.17. The van der Waals surface area contributed by atoms with Crippen LogP contribution in [0.1, 0.15) is 12.8 Å². The molecule has 0 saturated carbocycles. The third-order valence-corrected chi connectivity index (χ3v) is 2.45. The average Bonchev–Trinajstić information content (AvgIpc) is 2.40. The van der Waals surface area contributed by atoms with Crippen LogP contribution in [0.4, 0.5) is 0 Å². The summed E-state index contributed by atoms with van der Waals surface area (Å²) in [4.78, 5) is 33.0. The van der Waals surface area contributed by atoms with Crippen molar-refractivity contribution in [2.24, 2.45) is 5.73 Å². The van der Waals surface area contributed by atoms with E-state index in [1.807, 2.05) is 0 Å². The third kappa shape index (κ3) is 5.41. The van der Waals surface area contributed by atoms with Crippen molar-refractivity contribution in [3.05, 3.63) is 0 Å². The van der Waals surface area contributed by atoms with Gasteiger partial charge >= 0.3 is 5.97 Å². The molecule has 0 aliphatic rings. The van der Waals surface area contributed by atoms with Gasteiger partial charge < -0.3 is 31.3 Å². The van der Waals surface area contributed by atoms with Gasteiger partial charge in [0.05, 0.1) is 6.61 Å². The number of Topliss-reactive ketones (excluding diaryl/α,β-unsaturated/α-hetero) is 2. The zero-order valence-corrected chi connectivity index (χ0v) is 9.97. The number of carbonyl (C=O) groups excluding carboxylic acids is 2. The predicted octanol–water partition coefficient (Wildman–Crippen LogP) is -3.61. The standard InChI is InChI=1S/C10H17NO8/c11-4(10(18)19)1-2-5(13)7(15)9(17)8(16)6(14)3-12/h4,6,8-9,12,14,16-17H,1-3,11H2,(H,18,19)/t4-,6+,8+,9-/m0/s1. The van der Waals surface area contributed by atoms with Crippen molar-refractivity contribution in [3.8, 4) is 0 Å². The van der Waals surface area contributed by atoms with Gasteiger partial charge in [0.15, 0.2) is 0 Å². The minimum absolute atomic E-state index is 0.300. The van der Waals surface area contributed by atoms with E-state index >= 15 is 0 Å². The Bertz CT molecular complexity index is 344. The molecule has 0 aromatic heterocycles. The van der Waals surface area contributed by atoms with Gasteiger partial charge in [-0.25, -0.2) is 0 Å². The Morgan fingerprint density at radius 2 is 1.63 bits per heavy atom. The highest BCUT2D eigenvalue weighted by atomic mass is 16.4. The van der Waals surface area contributed by atoms with E-state index in [0.29, 0.717) is 0 Å². The minimum Gasteiger partial charge on any atom is -0.480 e. The average molecular weight is 279 g/mol. The monoisotopic (exact) mass is 279 g/mol. The molecule has 0 aromatic rings. The second kappa shape index (κ2) is 7.92. The van der Waals surface area contributed by atoms with Gasteiger partial charge in [-0.1, -0.05) is 0 Å². The van der Waals surface area contributed by atoms with Gasteiger partial charge in [0.1, 0.15) is 24.4 Å². The van der Waals surface area contributed by atoms with Gasteiger partial charge in [-0.05, 0) is 6.42 Å². The largest absolute Gasteiger partial charge is 0.480 e. The number of ketones is 2. The van der Waals surface area contributed by atoms with Crippen LogP contribution in [0.15, 0.2) is 0 Å². The fourth-order valence-corrected chi connectivity index (χ4v) is 1.17. The molecular formula is C10H17NO8. The van der Waals surface area contributed by atoms with Gasteiger partial charge in [0.25, 0.3) is 0 Å². The molecule has 4 atom stereocenters. The van der Waals surface area contributed by atoms with Gasteiger partial charge in [0, 0.05) is 6.42 Å². The number of aliphatic carboxylic acids is 1. The van der Waals surface area contributed by atoms with Gasteiger partial charge in [-0.2, -0.15) is 0 Å². The van der Waals surface area contributed by atoms with E-state index in [2.05, 4.69) is 0 Å². The Morgan fingerprint density at radius 3 is 2.05 bits per heavy atom. The number of aliphatic hydroxyl groups is 4. The lowest BCUT2D eigenvalue weighted by Crippen LogP contribution is -2.46. The zero-order valence-electron chi connectivity index (χ0n) is 9.97. The number of carboxylic acid groups (broad SMARTS) is 1. The quantitative estimate of drug-likeness (QED) is 0.232. The lowest BCUT2D eigenvalue weighted by Gasteiger charge is -2.19. The van der Waals surface area contributed by atoms with Gasteiger partial charge in [-0.15, -0.1) is 0 Å². The summed E-state index contributed by atoms with van der Waals surface area (Å²) in [7, 11) is 0. The van der Waals surface area contributed by atoms with Crippen molar-refractivity contribution in [1.29, 1.82) is 0 Å². The lowest BCUT2D eigenvalue weighted by molar-refractivity contribution is -0.150. The van der Waals surface area contributed by atoms with Crippen LogP contribution in [0.25, 0.3) is 0 Å². The number of carbonyl (C=O) groups is 3. The van der Waals surface area contributed by atoms with E-state index < -0.39 is 54.9 Å². The Hall–Kier alpha value is -1.39. The molecule has 0 radical (unpaired) electrons. The van der Waals surface area contributed by atoms with Crippen LogP contribution < -0.4 is 5.73 Å². The van der Waals surface area contributed by atoms with E-state index in [1.54, 1.807) is 0 Å². The normalized spacial score (nSPS) is 17.3. The summed E-state index contributed by atoms with van der Waals surface area (Å²) in [5, 5.41) is 44.5. The second-order valence-electron chi connectivity index (χ2n) is 3.96. The molecule has 9 nitrogen and oxygen atoms in total. The van der Waals surface area contributed by atoms with Crippen LogP contribution in [0.3, 0.4) is 0 Å². The number of carboxylic acids is 1. The van der Waals surface area contributed by atoms with Crippen molar-refractivity contribution < 1.29 is 39.9 Å². The Labute approximate surface area is 108 Å². The lowest BCUT2D eigenvalue weighted by atomic mass is 9.98. The van der Waals surface area contributed by atoms with Crippen molar-refractivity contribution in [2.45, 2.75) is 37.2 Å². The number of nitrogens with two attached hydrogens (primary N) is 1. The Kier molecular flexibility index (Phi) is 7.34. The predicted molar refractivity (Wildman–Crippen MR) is 60.0 cm³/mol. The topological polar surface area (TPSA) is 178 Å². The molecule has 0 aliphatic carbocycles. The van der Waals surface area contributed by atoms with E-state index in [9.17, 15) is 24.6 Å². The molecule has 0 rings (SSSR count). The zero-order chi connectivity index (χ0) is 15.2. The molecule has 9 heteroatoms. The molecule has 110 valence electrons. The summed E-state index contributed by atoms with van der Waals surface area (Å²) in [5.41, 5.74) is 5.12. The molecule has 0 aromatic carbocycles. The van der Waals surface area contributed by atoms with Crippen LogP contribution >= 0.6 is 0 Å². The fraction of sp³-hybridized carbons (Fsp3) is 0.700. The molecule has 7 N–H and O–H groups in total. The van der Waals surface area contributed by atoms with E-state index in [1.165, 1.54) is 0 Å². The second-order valence-corrected chi connectivity index (χ2v) is 3.96. The number of hydrogen-bond acceptors (Lipinski definition) is 8. The Balaban J connectivity index is 4.41. The van der Waals surface area contributed by atoms with Gasteiger partial charge in [0.2, 0.25) is 11.6 Å². The summed E-state index contributed by atoms with van der Waals surface area (Å²) < 4.78 is 0. The van der Waals surface area contributed by atoms with Crippen molar-refractivity contribution >= 4 is 17.5 Å². The number of hydrogen-bond donors (Lipinski definition) is 6. The Morgan fingerprint density at radius 1 is 1.11 bits per heavy atom. The molecule has 0 amide bonds. The molecule has 0 bridgehead atoms. The van der Waals surface area contributed by atoms with E-state index in [-0.39, 0.29) is 6.42 Å². The highest BCUT2D eigenvalue weighted by Crippen LogP contribution is 2.05. The molecule has 0 fully saturated rings. The first-order valence-corrected chi connectivity index (χ1v) is 5.42. The molecule has 0 aliphatic heterocycles. The molecule has 0 saturated heterocycles. The van der Waals surface area contributed by atoms with Crippen molar-refractivity contribution in [3.63, 3.8) is 0 Å². The van der Waals surface area contributed by atoms with E-state index in [4.69, 9.17) is 21.1 Å². The highest BCUT2D eigenvalue weighted by molar-refractivity contribution is 6.39. The molecule has 19 heavy (non-hydrogen) atoms. The summed E-state index contributed by atoms with van der Waals surface area (Å²) >= 11 is 0. The first kappa shape index (κ1) is 17.6.